The summed E-state index contributed by atoms with van der Waals surface area (Å²) >= 11 is 0. The third-order valence-corrected chi connectivity index (χ3v) is 5.62. The fraction of sp³-hybridized carbons (Fsp3) is 0.348. The molecule has 164 valence electrons. The summed E-state index contributed by atoms with van der Waals surface area (Å²) in [7, 11) is 1.57. The molecule has 2 aromatic carbocycles. The fourth-order valence-corrected chi connectivity index (χ4v) is 4.04. The first-order chi connectivity index (χ1) is 15.0. The van der Waals surface area contributed by atoms with E-state index in [2.05, 4.69) is 10.6 Å². The van der Waals surface area contributed by atoms with E-state index in [1.807, 2.05) is 12.1 Å². The van der Waals surface area contributed by atoms with Crippen LogP contribution in [0.15, 0.2) is 42.6 Å². The first-order valence-electron chi connectivity index (χ1n) is 10.2. The summed E-state index contributed by atoms with van der Waals surface area (Å²) < 4.78 is 50.1. The molecule has 1 aromatic heterocycles. The highest BCUT2D eigenvalue weighted by Gasteiger charge is 2.26. The minimum absolute atomic E-state index is 0.0748. The maximum absolute atomic E-state index is 14.7. The molecule has 0 unspecified atom stereocenters. The van der Waals surface area contributed by atoms with Crippen molar-refractivity contribution in [2.24, 2.45) is 0 Å². The van der Waals surface area contributed by atoms with Gasteiger partial charge < -0.3 is 19.9 Å². The predicted octanol–water partition coefficient (Wildman–Crippen LogP) is 3.34. The van der Waals surface area contributed by atoms with Gasteiger partial charge in [0.15, 0.2) is 0 Å². The number of carbonyl (C=O) groups is 1. The van der Waals surface area contributed by atoms with Crippen LogP contribution in [0.3, 0.4) is 0 Å². The quantitative estimate of drug-likeness (QED) is 0.630. The molecule has 0 spiro atoms. The predicted molar refractivity (Wildman–Crippen MR) is 112 cm³/mol. The zero-order valence-electron chi connectivity index (χ0n) is 17.1. The molecule has 0 saturated carbocycles. The number of alkyl halides is 1. The molecule has 2 N–H and O–H groups in total. The van der Waals surface area contributed by atoms with E-state index in [1.165, 1.54) is 0 Å². The van der Waals surface area contributed by atoms with E-state index in [4.69, 9.17) is 4.74 Å². The Bertz CT molecular complexity index is 1080. The van der Waals surface area contributed by atoms with Gasteiger partial charge in [-0.1, -0.05) is 12.1 Å². The summed E-state index contributed by atoms with van der Waals surface area (Å²) in [4.78, 5) is 12.6. The number of rotatable bonds is 6. The first-order valence-corrected chi connectivity index (χ1v) is 10.2. The van der Waals surface area contributed by atoms with Crippen molar-refractivity contribution in [3.05, 3.63) is 65.4 Å². The van der Waals surface area contributed by atoms with E-state index in [0.717, 1.165) is 17.7 Å². The zero-order chi connectivity index (χ0) is 22.0. The molecule has 2 heterocycles. The Hall–Kier alpha value is -3.00. The van der Waals surface area contributed by atoms with Crippen molar-refractivity contribution in [2.75, 3.05) is 20.2 Å². The minimum Gasteiger partial charge on any atom is -0.497 e. The summed E-state index contributed by atoms with van der Waals surface area (Å²) in [6.07, 6.45) is 0.733. The maximum atomic E-state index is 14.7. The number of ether oxygens (including phenoxy) is 1. The summed E-state index contributed by atoms with van der Waals surface area (Å²) in [6, 6.07) is 8.82. The number of aromatic nitrogens is 1. The third-order valence-electron chi connectivity index (χ3n) is 5.62. The molecule has 8 heteroatoms. The van der Waals surface area contributed by atoms with E-state index < -0.39 is 29.8 Å². The van der Waals surface area contributed by atoms with Crippen LogP contribution in [0.5, 0.6) is 5.75 Å². The van der Waals surface area contributed by atoms with E-state index in [0.29, 0.717) is 30.8 Å². The van der Waals surface area contributed by atoms with E-state index in [-0.39, 0.29) is 23.9 Å². The van der Waals surface area contributed by atoms with Crippen molar-refractivity contribution >= 4 is 16.8 Å². The fourth-order valence-electron chi connectivity index (χ4n) is 4.04. The molecule has 31 heavy (non-hydrogen) atoms. The Morgan fingerprint density at radius 1 is 1.19 bits per heavy atom. The number of benzene rings is 2. The lowest BCUT2D eigenvalue weighted by molar-refractivity contribution is -0.121. The third kappa shape index (κ3) is 4.54. The van der Waals surface area contributed by atoms with Crippen LogP contribution in [0.4, 0.5) is 13.2 Å². The first kappa shape index (κ1) is 21.2. The summed E-state index contributed by atoms with van der Waals surface area (Å²) in [5.41, 5.74) is 1.33. The van der Waals surface area contributed by atoms with Crippen LogP contribution in [-0.2, 0) is 17.8 Å². The van der Waals surface area contributed by atoms with Gasteiger partial charge in [0, 0.05) is 24.7 Å². The average Bonchev–Trinajstić information content (AvgIpc) is 3.11. The van der Waals surface area contributed by atoms with Crippen LogP contribution in [0.2, 0.25) is 0 Å². The topological polar surface area (TPSA) is 55.3 Å². The molecule has 0 radical (unpaired) electrons. The lowest BCUT2D eigenvalue weighted by Gasteiger charge is -2.27. The highest BCUT2D eigenvalue weighted by molar-refractivity contribution is 5.90. The number of halogens is 3. The molecule has 4 rings (SSSR count). The van der Waals surface area contributed by atoms with Crippen LogP contribution in [-0.4, -0.2) is 42.9 Å². The van der Waals surface area contributed by atoms with Gasteiger partial charge in [-0.2, -0.15) is 0 Å². The molecule has 3 aromatic rings. The number of piperidine rings is 1. The van der Waals surface area contributed by atoms with Crippen molar-refractivity contribution in [3.8, 4) is 5.75 Å². The van der Waals surface area contributed by atoms with Gasteiger partial charge in [0.05, 0.1) is 25.1 Å². The van der Waals surface area contributed by atoms with Crippen LogP contribution < -0.4 is 15.4 Å². The lowest BCUT2D eigenvalue weighted by atomic mass is 10.0. The second-order valence-electron chi connectivity index (χ2n) is 7.74. The van der Waals surface area contributed by atoms with E-state index in [9.17, 15) is 18.0 Å². The van der Waals surface area contributed by atoms with Gasteiger partial charge in [-0.3, -0.25) is 4.79 Å². The van der Waals surface area contributed by atoms with Crippen molar-refractivity contribution < 1.29 is 22.7 Å². The summed E-state index contributed by atoms with van der Waals surface area (Å²) in [5.74, 6) is -0.891. The number of hydrogen-bond acceptors (Lipinski definition) is 3. The number of fused-ring (bicyclic) bond motifs is 1. The summed E-state index contributed by atoms with van der Waals surface area (Å²) in [6.45, 7) is 1.10. The molecular weight excluding hydrogens is 407 g/mol. The molecule has 0 aliphatic carbocycles. The molecule has 0 bridgehead atoms. The van der Waals surface area contributed by atoms with Gasteiger partial charge in [0.25, 0.3) is 0 Å². The van der Waals surface area contributed by atoms with Gasteiger partial charge in [-0.15, -0.1) is 0 Å². The summed E-state index contributed by atoms with van der Waals surface area (Å²) in [5, 5.41) is 5.70. The Morgan fingerprint density at radius 3 is 2.65 bits per heavy atom. The molecule has 2 atom stereocenters. The maximum Gasteiger partial charge on any atom is 0.224 e. The molecule has 1 fully saturated rings. The van der Waals surface area contributed by atoms with Crippen LogP contribution in [0.25, 0.3) is 10.9 Å². The molecule has 1 aliphatic rings. The molecule has 1 saturated heterocycles. The van der Waals surface area contributed by atoms with Crippen molar-refractivity contribution in [1.29, 1.82) is 0 Å². The molecule has 1 amide bonds. The molecule has 1 aliphatic heterocycles. The smallest absolute Gasteiger partial charge is 0.224 e. The highest BCUT2D eigenvalue weighted by Crippen LogP contribution is 2.28. The zero-order valence-corrected chi connectivity index (χ0v) is 17.1. The number of nitrogens with zero attached hydrogens (tertiary/aromatic N) is 1. The monoisotopic (exact) mass is 431 g/mol. The molecular formula is C23H24F3N3O2. The van der Waals surface area contributed by atoms with Crippen molar-refractivity contribution in [2.45, 2.75) is 31.6 Å². The highest BCUT2D eigenvalue weighted by atomic mass is 19.1. The molecule has 5 nitrogen and oxygen atoms in total. The lowest BCUT2D eigenvalue weighted by Crippen LogP contribution is -2.51. The second-order valence-corrected chi connectivity index (χ2v) is 7.74. The van der Waals surface area contributed by atoms with E-state index >= 15 is 0 Å². The number of hydrogen-bond donors (Lipinski definition) is 2. The van der Waals surface area contributed by atoms with Crippen molar-refractivity contribution in [1.82, 2.24) is 15.2 Å². The van der Waals surface area contributed by atoms with Crippen LogP contribution in [0, 0.1) is 11.6 Å². The standard InChI is InChI=1S/C23H24F3N3O2/c1-31-16-4-2-14(3-5-16)12-29-13-15(22-17(24)6-7-18(25)23(22)29)10-21(30)28-20-8-9-27-11-19(20)26/h2-7,13,19-20,27H,8-12H2,1H3,(H,28,30)/t19-,20+/m1/s1. The average molecular weight is 431 g/mol. The Labute approximate surface area is 178 Å². The van der Waals surface area contributed by atoms with Gasteiger partial charge >= 0.3 is 0 Å². The van der Waals surface area contributed by atoms with Gasteiger partial charge in [-0.25, -0.2) is 13.2 Å². The van der Waals surface area contributed by atoms with Crippen molar-refractivity contribution in [3.63, 3.8) is 0 Å². The van der Waals surface area contributed by atoms with Crippen LogP contribution >= 0.6 is 0 Å². The van der Waals surface area contributed by atoms with Gasteiger partial charge in [0.2, 0.25) is 5.91 Å². The van der Waals surface area contributed by atoms with Gasteiger partial charge in [0.1, 0.15) is 23.6 Å². The van der Waals surface area contributed by atoms with E-state index in [1.54, 1.807) is 30.0 Å². The SMILES string of the molecule is COc1ccc(Cn2cc(CC(=O)N[C@H]3CCNC[C@H]3F)c3c(F)ccc(F)c32)cc1. The minimum atomic E-state index is -1.18. The Balaban J connectivity index is 1.62. The number of carbonyl (C=O) groups excluding carboxylic acids is 1. The van der Waals surface area contributed by atoms with Crippen LogP contribution in [0.1, 0.15) is 17.5 Å². The largest absolute Gasteiger partial charge is 0.497 e. The number of methoxy groups -OCH3 is 1. The van der Waals surface area contributed by atoms with Gasteiger partial charge in [-0.05, 0) is 48.4 Å². The second kappa shape index (κ2) is 9.01. The number of amides is 1. The normalized spacial score (nSPS) is 18.8. The Morgan fingerprint density at radius 2 is 1.94 bits per heavy atom. The Kier molecular flexibility index (Phi) is 6.18. The number of nitrogens with one attached hydrogen (secondary N) is 2.